The Morgan fingerprint density at radius 1 is 1.29 bits per heavy atom. The fraction of sp³-hybridized carbons (Fsp3) is 0.458. The van der Waals surface area contributed by atoms with Gasteiger partial charge in [-0.15, -0.1) is 0 Å². The molecule has 3 rings (SSSR count). The first-order valence-corrected chi connectivity index (χ1v) is 13.8. The number of aromatic nitrogens is 1. The van der Waals surface area contributed by atoms with E-state index >= 15 is 0 Å². The Morgan fingerprint density at radius 3 is 2.58 bits per heavy atom. The minimum Gasteiger partial charge on any atom is -0.485 e. The maximum Gasteiger partial charge on any atom is 0.192 e. The molecular weight excluding hydrogens is 422 g/mol. The van der Waals surface area contributed by atoms with E-state index in [0.29, 0.717) is 10.6 Å². The van der Waals surface area contributed by atoms with Gasteiger partial charge in [0.25, 0.3) is 0 Å². The Balaban J connectivity index is 2.09. The summed E-state index contributed by atoms with van der Waals surface area (Å²) >= 11 is 5.73. The van der Waals surface area contributed by atoms with Gasteiger partial charge in [-0.3, -0.25) is 4.98 Å². The van der Waals surface area contributed by atoms with E-state index in [9.17, 15) is 5.26 Å². The number of fused-ring (bicyclic) bond motifs is 1. The molecule has 0 unspecified atom stereocenters. The second-order valence-corrected chi connectivity index (χ2v) is 15.2. The highest BCUT2D eigenvalue weighted by Crippen LogP contribution is 2.46. The van der Waals surface area contributed by atoms with Crippen LogP contribution in [0.4, 0.5) is 0 Å². The Bertz CT molecular complexity index is 1010. The van der Waals surface area contributed by atoms with Crippen molar-refractivity contribution >= 4 is 25.5 Å². The lowest BCUT2D eigenvalue weighted by Gasteiger charge is -2.50. The minimum atomic E-state index is -2.14. The molecule has 2 atom stereocenters. The van der Waals surface area contributed by atoms with E-state index in [1.54, 1.807) is 18.5 Å². The third-order valence-electron chi connectivity index (χ3n) is 6.27. The summed E-state index contributed by atoms with van der Waals surface area (Å²) in [6, 6.07) is 11.3. The van der Waals surface area contributed by atoms with Crippen molar-refractivity contribution in [3.63, 3.8) is 0 Å². The molecule has 1 aliphatic heterocycles. The van der Waals surface area contributed by atoms with Crippen molar-refractivity contribution in [3.8, 4) is 11.8 Å². The van der Waals surface area contributed by atoms with Crippen LogP contribution < -0.4 is 10.1 Å². The number of rotatable bonds is 4. The monoisotopic (exact) mass is 453 g/mol. The van der Waals surface area contributed by atoms with Gasteiger partial charge in [0.2, 0.25) is 0 Å². The molecule has 0 saturated carbocycles. The van der Waals surface area contributed by atoms with E-state index in [1.165, 1.54) is 0 Å². The van der Waals surface area contributed by atoms with Crippen molar-refractivity contribution in [1.29, 1.82) is 5.26 Å². The molecule has 0 amide bonds. The highest BCUT2D eigenvalue weighted by molar-refractivity contribution is 7.80. The molecule has 31 heavy (non-hydrogen) atoms. The average Bonchev–Trinajstić information content (AvgIpc) is 2.69. The third kappa shape index (κ3) is 4.82. The first-order valence-electron chi connectivity index (χ1n) is 10.5. The second kappa shape index (κ2) is 8.34. The molecule has 7 heteroatoms. The Labute approximate surface area is 191 Å². The third-order valence-corrected chi connectivity index (χ3v) is 11.1. The smallest absolute Gasteiger partial charge is 0.192 e. The first kappa shape index (κ1) is 23.4. The number of nitrogens with one attached hydrogen (secondary N) is 1. The summed E-state index contributed by atoms with van der Waals surface area (Å²) in [7, 11) is -2.14. The zero-order valence-electron chi connectivity index (χ0n) is 19.3. The van der Waals surface area contributed by atoms with E-state index in [4.69, 9.17) is 21.4 Å². The van der Waals surface area contributed by atoms with Crippen LogP contribution in [0.2, 0.25) is 18.1 Å². The van der Waals surface area contributed by atoms with Gasteiger partial charge in [0.15, 0.2) is 8.32 Å². The molecule has 0 spiro atoms. The van der Waals surface area contributed by atoms with Crippen LogP contribution in [0.5, 0.6) is 5.75 Å². The fourth-order valence-electron chi connectivity index (χ4n) is 3.44. The van der Waals surface area contributed by atoms with Crippen LogP contribution in [0.25, 0.3) is 0 Å². The summed E-state index contributed by atoms with van der Waals surface area (Å²) in [6.07, 6.45) is 3.17. The molecule has 2 aromatic rings. The average molecular weight is 454 g/mol. The maximum atomic E-state index is 9.48. The molecule has 0 bridgehead atoms. The molecule has 0 saturated heterocycles. The van der Waals surface area contributed by atoms with E-state index in [1.807, 2.05) is 38.1 Å². The van der Waals surface area contributed by atoms with Crippen LogP contribution >= 0.6 is 12.2 Å². The Kier molecular flexibility index (Phi) is 6.29. The predicted molar refractivity (Wildman–Crippen MR) is 130 cm³/mol. The van der Waals surface area contributed by atoms with Crippen LogP contribution in [-0.4, -0.2) is 30.0 Å². The van der Waals surface area contributed by atoms with Gasteiger partial charge in [-0.1, -0.05) is 33.0 Å². The minimum absolute atomic E-state index is 0.0340. The normalized spacial score (nSPS) is 20.2. The molecule has 1 aromatic carbocycles. The van der Waals surface area contributed by atoms with Crippen molar-refractivity contribution in [3.05, 3.63) is 59.4 Å². The van der Waals surface area contributed by atoms with Crippen LogP contribution in [0, 0.1) is 11.3 Å². The van der Waals surface area contributed by atoms with Gasteiger partial charge in [0.05, 0.1) is 17.7 Å². The van der Waals surface area contributed by atoms with Crippen LogP contribution in [-0.2, 0) is 4.43 Å². The molecule has 5 nitrogen and oxygen atoms in total. The standard InChI is InChI=1S/C24H31N3O2SSi/c1-23(2,3)31(6,7)29-21-20(27-22(30)17-9-8-12-26-15-17)18-13-16(14-25)10-11-19(18)28-24(21,4)5/h8-13,15,20-21H,1-7H3,(H,27,30)/t20-,21+/m0/s1. The van der Waals surface area contributed by atoms with E-state index in [2.05, 4.69) is 50.2 Å². The quantitative estimate of drug-likeness (QED) is 0.485. The van der Waals surface area contributed by atoms with Gasteiger partial charge < -0.3 is 14.5 Å². The maximum absolute atomic E-state index is 9.48. The number of benzene rings is 1. The fourth-order valence-corrected chi connectivity index (χ4v) is 5.10. The lowest BCUT2D eigenvalue weighted by atomic mass is 9.86. The van der Waals surface area contributed by atoms with Crippen molar-refractivity contribution in [1.82, 2.24) is 10.3 Å². The topological polar surface area (TPSA) is 67.2 Å². The lowest BCUT2D eigenvalue weighted by Crippen LogP contribution is -2.59. The van der Waals surface area contributed by atoms with Crippen molar-refractivity contribution < 1.29 is 9.16 Å². The van der Waals surface area contributed by atoms with Gasteiger partial charge in [-0.05, 0) is 62.3 Å². The molecule has 1 aromatic heterocycles. The Morgan fingerprint density at radius 2 is 2.00 bits per heavy atom. The molecular formula is C24H31N3O2SSi. The van der Waals surface area contributed by atoms with Crippen LogP contribution in [0.3, 0.4) is 0 Å². The molecule has 1 aliphatic rings. The van der Waals surface area contributed by atoms with Crippen LogP contribution in [0.15, 0.2) is 42.7 Å². The van der Waals surface area contributed by atoms with E-state index < -0.39 is 13.9 Å². The van der Waals surface area contributed by atoms with Gasteiger partial charge in [-0.25, -0.2) is 0 Å². The SMILES string of the molecule is CC1(C)Oc2ccc(C#N)cc2[C@H](NC(=S)c2cccnc2)[C@H]1O[Si](C)(C)C(C)(C)C. The molecule has 2 heterocycles. The summed E-state index contributed by atoms with van der Waals surface area (Å²) in [4.78, 5) is 4.78. The predicted octanol–water partition coefficient (Wildman–Crippen LogP) is 5.52. The number of hydrogen-bond donors (Lipinski definition) is 1. The van der Waals surface area contributed by atoms with E-state index in [0.717, 1.165) is 16.9 Å². The number of ether oxygens (including phenoxy) is 1. The van der Waals surface area contributed by atoms with Crippen molar-refractivity contribution in [2.45, 2.75) is 70.5 Å². The summed E-state index contributed by atoms with van der Waals surface area (Å²) in [5.74, 6) is 0.741. The molecule has 1 N–H and O–H groups in total. The number of hydrogen-bond acceptors (Lipinski definition) is 5. The largest absolute Gasteiger partial charge is 0.485 e. The first-order chi connectivity index (χ1) is 14.4. The van der Waals surface area contributed by atoms with Gasteiger partial charge in [0.1, 0.15) is 22.4 Å². The number of nitriles is 1. The summed E-state index contributed by atoms with van der Waals surface area (Å²) in [6.45, 7) is 15.2. The van der Waals surface area contributed by atoms with Gasteiger partial charge in [0, 0.05) is 23.5 Å². The molecule has 164 valence electrons. The highest BCUT2D eigenvalue weighted by atomic mass is 32.1. The van der Waals surface area contributed by atoms with Crippen molar-refractivity contribution in [2.24, 2.45) is 0 Å². The van der Waals surface area contributed by atoms with Crippen molar-refractivity contribution in [2.75, 3.05) is 0 Å². The molecule has 0 radical (unpaired) electrons. The number of pyridine rings is 1. The zero-order valence-corrected chi connectivity index (χ0v) is 21.1. The molecule has 0 fully saturated rings. The highest BCUT2D eigenvalue weighted by Gasteiger charge is 2.50. The van der Waals surface area contributed by atoms with E-state index in [-0.39, 0.29) is 17.2 Å². The number of nitrogens with zero attached hydrogens (tertiary/aromatic N) is 2. The lowest BCUT2D eigenvalue weighted by molar-refractivity contribution is -0.0531. The second-order valence-electron chi connectivity index (χ2n) is 10.1. The van der Waals surface area contributed by atoms with Crippen LogP contribution in [0.1, 0.15) is 57.4 Å². The Hall–Kier alpha value is -2.27. The zero-order chi connectivity index (χ0) is 23.0. The van der Waals surface area contributed by atoms with Gasteiger partial charge >= 0.3 is 0 Å². The molecule has 0 aliphatic carbocycles. The number of thiocarbonyl (C=S) groups is 1. The summed E-state index contributed by atoms with van der Waals surface area (Å²) in [5, 5.41) is 13.0. The summed E-state index contributed by atoms with van der Waals surface area (Å²) < 4.78 is 13.3. The van der Waals surface area contributed by atoms with Gasteiger partial charge in [-0.2, -0.15) is 5.26 Å². The summed E-state index contributed by atoms with van der Waals surface area (Å²) in [5.41, 5.74) is 1.70.